The molecule has 100 valence electrons. The van der Waals surface area contributed by atoms with Gasteiger partial charge in [0.15, 0.2) is 0 Å². The van der Waals surface area contributed by atoms with Crippen LogP contribution in [0.5, 0.6) is 0 Å². The van der Waals surface area contributed by atoms with Crippen LogP contribution in [0, 0.1) is 27.7 Å². The lowest BCUT2D eigenvalue weighted by Gasteiger charge is -2.20. The Hall–Kier alpha value is -2.36. The van der Waals surface area contributed by atoms with Crippen molar-refractivity contribution in [3.8, 4) is 11.4 Å². The molecule has 20 heavy (non-hydrogen) atoms. The van der Waals surface area contributed by atoms with Gasteiger partial charge in [-0.15, -0.1) is 0 Å². The van der Waals surface area contributed by atoms with Crippen molar-refractivity contribution in [2.24, 2.45) is 0 Å². The Balaban J connectivity index is 2.46. The standard InChI is InChI=1S/C16H14N2O2/c1-7-5-17-13-11(9(7)3)15(19)16(20)12-10(4)8(2)6-18-14(12)13/h5-6H,1-4H3. The third kappa shape index (κ3) is 1.48. The number of fused-ring (bicyclic) bond motifs is 3. The van der Waals surface area contributed by atoms with Crippen molar-refractivity contribution in [2.75, 3.05) is 0 Å². The molecule has 0 N–H and O–H groups in total. The van der Waals surface area contributed by atoms with Gasteiger partial charge in [0.2, 0.25) is 11.6 Å². The minimum Gasteiger partial charge on any atom is -0.285 e. The highest BCUT2D eigenvalue weighted by molar-refractivity contribution is 6.53. The van der Waals surface area contributed by atoms with E-state index in [4.69, 9.17) is 0 Å². The fourth-order valence-electron chi connectivity index (χ4n) is 2.54. The van der Waals surface area contributed by atoms with Gasteiger partial charge in [0, 0.05) is 12.4 Å². The van der Waals surface area contributed by atoms with Gasteiger partial charge in [0.05, 0.1) is 11.1 Å². The Morgan fingerprint density at radius 3 is 1.40 bits per heavy atom. The number of aromatic nitrogens is 2. The third-order valence-electron chi connectivity index (χ3n) is 4.07. The molecule has 2 aromatic heterocycles. The molecule has 2 heterocycles. The number of hydrogen-bond donors (Lipinski definition) is 0. The predicted octanol–water partition coefficient (Wildman–Crippen LogP) is 2.76. The smallest absolute Gasteiger partial charge is 0.236 e. The van der Waals surface area contributed by atoms with Gasteiger partial charge < -0.3 is 0 Å². The number of aryl methyl sites for hydroxylation is 2. The second-order valence-electron chi connectivity index (χ2n) is 5.24. The summed E-state index contributed by atoms with van der Waals surface area (Å²) in [5, 5.41) is 0. The first-order valence-electron chi connectivity index (χ1n) is 6.45. The zero-order chi connectivity index (χ0) is 14.6. The summed E-state index contributed by atoms with van der Waals surface area (Å²) in [6.07, 6.45) is 3.44. The maximum Gasteiger partial charge on any atom is 0.236 e. The number of carbonyl (C=O) groups is 2. The lowest BCUT2D eigenvalue weighted by atomic mass is 9.84. The second kappa shape index (κ2) is 4.07. The number of carbonyl (C=O) groups excluding carboxylic acids is 2. The molecule has 0 saturated heterocycles. The van der Waals surface area contributed by atoms with E-state index in [1.807, 2.05) is 27.7 Å². The molecule has 0 aliphatic heterocycles. The van der Waals surface area contributed by atoms with Gasteiger partial charge in [-0.05, 0) is 49.9 Å². The molecule has 0 atom stereocenters. The molecule has 4 heteroatoms. The molecular weight excluding hydrogens is 252 g/mol. The van der Waals surface area contributed by atoms with E-state index in [9.17, 15) is 9.59 Å². The zero-order valence-electron chi connectivity index (χ0n) is 11.9. The van der Waals surface area contributed by atoms with E-state index in [0.29, 0.717) is 22.5 Å². The van der Waals surface area contributed by atoms with E-state index in [1.165, 1.54) is 0 Å². The van der Waals surface area contributed by atoms with Crippen molar-refractivity contribution in [1.82, 2.24) is 9.97 Å². The minimum atomic E-state index is -0.475. The largest absolute Gasteiger partial charge is 0.285 e. The molecule has 0 saturated carbocycles. The zero-order valence-corrected chi connectivity index (χ0v) is 11.9. The second-order valence-corrected chi connectivity index (χ2v) is 5.24. The topological polar surface area (TPSA) is 59.9 Å². The molecule has 0 aromatic carbocycles. The maximum atomic E-state index is 12.4. The average molecular weight is 266 g/mol. The van der Waals surface area contributed by atoms with Crippen LogP contribution in [0.1, 0.15) is 43.0 Å². The van der Waals surface area contributed by atoms with E-state index in [1.54, 1.807) is 12.4 Å². The van der Waals surface area contributed by atoms with Crippen LogP contribution in [-0.4, -0.2) is 21.5 Å². The van der Waals surface area contributed by atoms with E-state index >= 15 is 0 Å². The van der Waals surface area contributed by atoms with Gasteiger partial charge in [-0.2, -0.15) is 0 Å². The number of rotatable bonds is 0. The number of Topliss-reactive ketones (excluding diaryl/α,β-unsaturated/α-hetero) is 2. The summed E-state index contributed by atoms with van der Waals surface area (Å²) in [5.41, 5.74) is 5.26. The summed E-state index contributed by atoms with van der Waals surface area (Å²) in [6, 6.07) is 0. The van der Waals surface area contributed by atoms with Crippen molar-refractivity contribution in [1.29, 1.82) is 0 Å². The van der Waals surface area contributed by atoms with Crippen LogP contribution in [0.15, 0.2) is 12.4 Å². The number of hydrogen-bond acceptors (Lipinski definition) is 4. The molecule has 0 amide bonds. The van der Waals surface area contributed by atoms with E-state index < -0.39 is 11.6 Å². The quantitative estimate of drug-likeness (QED) is 0.688. The molecule has 4 nitrogen and oxygen atoms in total. The third-order valence-corrected chi connectivity index (χ3v) is 4.07. The van der Waals surface area contributed by atoms with Gasteiger partial charge >= 0.3 is 0 Å². The van der Waals surface area contributed by atoms with Crippen LogP contribution in [0.25, 0.3) is 11.4 Å². The highest BCUT2D eigenvalue weighted by Crippen LogP contribution is 2.35. The summed E-state index contributed by atoms with van der Waals surface area (Å²) in [6.45, 7) is 7.44. The van der Waals surface area contributed by atoms with Crippen molar-refractivity contribution in [3.05, 3.63) is 45.8 Å². The molecule has 0 bridgehead atoms. The predicted molar refractivity (Wildman–Crippen MR) is 75.1 cm³/mol. The van der Waals surface area contributed by atoms with Crippen LogP contribution in [-0.2, 0) is 0 Å². The summed E-state index contributed by atoms with van der Waals surface area (Å²) < 4.78 is 0. The number of nitrogens with zero attached hydrogens (tertiary/aromatic N) is 2. The average Bonchev–Trinajstić information content (AvgIpc) is 2.42. The monoisotopic (exact) mass is 266 g/mol. The first-order chi connectivity index (χ1) is 9.43. The van der Waals surface area contributed by atoms with Gasteiger partial charge in [-0.3, -0.25) is 19.6 Å². The van der Waals surface area contributed by atoms with Gasteiger partial charge in [0.25, 0.3) is 0 Å². The Morgan fingerprint density at radius 2 is 1.05 bits per heavy atom. The molecular formula is C16H14N2O2. The van der Waals surface area contributed by atoms with Crippen LogP contribution in [0.3, 0.4) is 0 Å². The van der Waals surface area contributed by atoms with Crippen LogP contribution < -0.4 is 0 Å². The Morgan fingerprint density at radius 1 is 0.700 bits per heavy atom. The fourth-order valence-corrected chi connectivity index (χ4v) is 2.54. The van der Waals surface area contributed by atoms with Gasteiger partial charge in [0.1, 0.15) is 11.4 Å². The molecule has 0 spiro atoms. The van der Waals surface area contributed by atoms with Crippen molar-refractivity contribution in [2.45, 2.75) is 27.7 Å². The molecule has 1 aliphatic rings. The van der Waals surface area contributed by atoms with E-state index in [2.05, 4.69) is 9.97 Å². The molecule has 0 unspecified atom stereocenters. The maximum absolute atomic E-state index is 12.4. The lowest BCUT2D eigenvalue weighted by molar-refractivity contribution is 0.0813. The highest BCUT2D eigenvalue weighted by Gasteiger charge is 2.35. The number of pyridine rings is 2. The van der Waals surface area contributed by atoms with Gasteiger partial charge in [-0.1, -0.05) is 0 Å². The normalized spacial score (nSPS) is 13.2. The lowest BCUT2D eigenvalue weighted by Crippen LogP contribution is -2.25. The Labute approximate surface area is 116 Å². The van der Waals surface area contributed by atoms with Crippen LogP contribution >= 0.6 is 0 Å². The molecule has 0 radical (unpaired) electrons. The van der Waals surface area contributed by atoms with Gasteiger partial charge in [-0.25, -0.2) is 0 Å². The molecule has 3 rings (SSSR count). The minimum absolute atomic E-state index is 0.401. The SMILES string of the molecule is Cc1cnc2c(c1C)C(=O)C(=O)c1c-2ncc(C)c1C. The highest BCUT2D eigenvalue weighted by atomic mass is 16.2. The van der Waals surface area contributed by atoms with Crippen molar-refractivity contribution < 1.29 is 9.59 Å². The van der Waals surface area contributed by atoms with Crippen LogP contribution in [0.2, 0.25) is 0 Å². The first-order valence-corrected chi connectivity index (χ1v) is 6.45. The number of ketones is 2. The van der Waals surface area contributed by atoms with Crippen molar-refractivity contribution in [3.63, 3.8) is 0 Å². The summed E-state index contributed by atoms with van der Waals surface area (Å²) in [5.74, 6) is -0.951. The van der Waals surface area contributed by atoms with E-state index in [-0.39, 0.29) is 0 Å². The van der Waals surface area contributed by atoms with E-state index in [0.717, 1.165) is 22.3 Å². The summed E-state index contributed by atoms with van der Waals surface area (Å²) >= 11 is 0. The molecule has 1 aliphatic carbocycles. The first kappa shape index (κ1) is 12.7. The van der Waals surface area contributed by atoms with Crippen molar-refractivity contribution >= 4 is 11.6 Å². The Bertz CT molecular complexity index is 724. The van der Waals surface area contributed by atoms with Crippen LogP contribution in [0.4, 0.5) is 0 Å². The fraction of sp³-hybridized carbons (Fsp3) is 0.250. The molecule has 2 aromatic rings. The molecule has 0 fully saturated rings. The Kier molecular flexibility index (Phi) is 2.57. The summed E-state index contributed by atoms with van der Waals surface area (Å²) in [7, 11) is 0. The summed E-state index contributed by atoms with van der Waals surface area (Å²) in [4.78, 5) is 33.5.